The number of amides is 1. The second kappa shape index (κ2) is 12.2. The molecule has 0 spiro atoms. The third kappa shape index (κ3) is 6.84. The highest BCUT2D eigenvalue weighted by molar-refractivity contribution is 5.95. The van der Waals surface area contributed by atoms with Gasteiger partial charge in [0.2, 0.25) is 5.95 Å². The molecular weight excluding hydrogens is 499 g/mol. The number of ether oxygens (including phenoxy) is 1. The zero-order valence-corrected chi connectivity index (χ0v) is 22.0. The number of benzene rings is 1. The van der Waals surface area contributed by atoms with E-state index >= 15 is 0 Å². The summed E-state index contributed by atoms with van der Waals surface area (Å²) in [6.45, 7) is 1.86. The lowest BCUT2D eigenvalue weighted by molar-refractivity contribution is -0.137. The van der Waals surface area contributed by atoms with Crippen LogP contribution in [-0.4, -0.2) is 73.2 Å². The normalized spacial score (nSPS) is 21.1. The number of carbonyl (C=O) groups is 1. The smallest absolute Gasteiger partial charge is 0.421 e. The van der Waals surface area contributed by atoms with Crippen LogP contribution < -0.4 is 26.0 Å². The summed E-state index contributed by atoms with van der Waals surface area (Å²) in [6, 6.07) is 4.84. The molecule has 4 N–H and O–H groups in total. The van der Waals surface area contributed by atoms with Crippen molar-refractivity contribution in [1.29, 1.82) is 0 Å². The molecule has 0 unspecified atom stereocenters. The fourth-order valence-electron chi connectivity index (χ4n) is 5.06. The monoisotopic (exact) mass is 535 g/mol. The number of halogens is 3. The SMILES string of the molecule is CN[C@@H]1CCCC[C@H]1Nc1nc(Nc2ccc(C(=O)NC3CCN(C)CC3)cc2OC)ncc1C(F)(F)F. The van der Waals surface area contributed by atoms with E-state index in [9.17, 15) is 18.0 Å². The Bertz CT molecular complexity index is 1110. The van der Waals surface area contributed by atoms with Gasteiger partial charge in [-0.05, 0) is 71.1 Å². The number of hydrogen-bond acceptors (Lipinski definition) is 8. The first-order valence-electron chi connectivity index (χ1n) is 13.0. The van der Waals surface area contributed by atoms with Gasteiger partial charge in [0.05, 0.1) is 12.8 Å². The van der Waals surface area contributed by atoms with E-state index in [4.69, 9.17) is 4.74 Å². The number of alkyl halides is 3. The molecule has 1 saturated carbocycles. The third-order valence-electron chi connectivity index (χ3n) is 7.32. The van der Waals surface area contributed by atoms with E-state index in [2.05, 4.69) is 43.2 Å². The molecule has 1 amide bonds. The van der Waals surface area contributed by atoms with Crippen molar-refractivity contribution in [2.75, 3.05) is 44.9 Å². The zero-order valence-electron chi connectivity index (χ0n) is 22.0. The van der Waals surface area contributed by atoms with Crippen LogP contribution in [0, 0.1) is 0 Å². The highest BCUT2D eigenvalue weighted by Gasteiger charge is 2.37. The van der Waals surface area contributed by atoms with E-state index in [1.807, 2.05) is 7.05 Å². The lowest BCUT2D eigenvalue weighted by atomic mass is 9.90. The summed E-state index contributed by atoms with van der Waals surface area (Å²) in [5.41, 5.74) is -0.0615. The van der Waals surface area contributed by atoms with Crippen molar-refractivity contribution in [3.8, 4) is 5.75 Å². The minimum Gasteiger partial charge on any atom is -0.495 e. The minimum absolute atomic E-state index is 0.0147. The van der Waals surface area contributed by atoms with Crippen LogP contribution in [0.5, 0.6) is 5.75 Å². The molecule has 2 fully saturated rings. The molecule has 208 valence electrons. The molecule has 1 aromatic carbocycles. The standard InChI is InChI=1S/C26H36F3N7O2/c1-30-19-6-4-5-7-20(19)33-23-18(26(27,28)29)15-31-25(35-23)34-21-9-8-16(14-22(21)38-3)24(37)32-17-10-12-36(2)13-11-17/h8-9,14-15,17,19-20,30H,4-7,10-13H2,1-3H3,(H,32,37)(H2,31,33,34,35)/t19-,20-/m1/s1. The molecule has 1 aliphatic heterocycles. The van der Waals surface area contributed by atoms with Gasteiger partial charge in [-0.15, -0.1) is 0 Å². The van der Waals surface area contributed by atoms with Gasteiger partial charge in [-0.1, -0.05) is 12.8 Å². The molecule has 1 aliphatic carbocycles. The second-order valence-electron chi connectivity index (χ2n) is 9.98. The fourth-order valence-corrected chi connectivity index (χ4v) is 5.06. The van der Waals surface area contributed by atoms with Crippen LogP contribution in [0.15, 0.2) is 24.4 Å². The van der Waals surface area contributed by atoms with Crippen molar-refractivity contribution in [2.24, 2.45) is 0 Å². The number of hydrogen-bond donors (Lipinski definition) is 4. The Morgan fingerprint density at radius 3 is 2.47 bits per heavy atom. The summed E-state index contributed by atoms with van der Waals surface area (Å²) >= 11 is 0. The van der Waals surface area contributed by atoms with Crippen molar-refractivity contribution in [2.45, 2.75) is 62.8 Å². The largest absolute Gasteiger partial charge is 0.495 e. The first kappa shape index (κ1) is 27.9. The van der Waals surface area contributed by atoms with Gasteiger partial charge in [-0.25, -0.2) is 4.98 Å². The number of anilines is 3. The first-order valence-corrected chi connectivity index (χ1v) is 13.0. The Morgan fingerprint density at radius 1 is 1.11 bits per heavy atom. The molecule has 2 heterocycles. The van der Waals surface area contributed by atoms with Gasteiger partial charge in [-0.3, -0.25) is 4.79 Å². The molecular formula is C26H36F3N7O2. The topological polar surface area (TPSA) is 103 Å². The third-order valence-corrected chi connectivity index (χ3v) is 7.32. The van der Waals surface area contributed by atoms with E-state index in [0.717, 1.165) is 57.8 Å². The summed E-state index contributed by atoms with van der Waals surface area (Å²) in [4.78, 5) is 23.1. The Morgan fingerprint density at radius 2 is 1.82 bits per heavy atom. The number of nitrogens with one attached hydrogen (secondary N) is 4. The number of carbonyl (C=O) groups excluding carboxylic acids is 1. The summed E-state index contributed by atoms with van der Waals surface area (Å²) in [5, 5.41) is 12.2. The molecule has 0 bridgehead atoms. The van der Waals surface area contributed by atoms with Gasteiger partial charge < -0.3 is 30.9 Å². The fraction of sp³-hybridized carbons (Fsp3) is 0.577. The maximum absolute atomic E-state index is 13.7. The summed E-state index contributed by atoms with van der Waals surface area (Å²) in [5.74, 6) is -0.135. The maximum atomic E-state index is 13.7. The second-order valence-corrected chi connectivity index (χ2v) is 9.98. The van der Waals surface area contributed by atoms with E-state index in [-0.39, 0.29) is 35.8 Å². The number of aromatic nitrogens is 2. The summed E-state index contributed by atoms with van der Waals surface area (Å²) < 4.78 is 46.7. The van der Waals surface area contributed by atoms with E-state index < -0.39 is 11.7 Å². The molecule has 1 saturated heterocycles. The Balaban J connectivity index is 1.52. The average molecular weight is 536 g/mol. The van der Waals surface area contributed by atoms with Gasteiger partial charge in [0, 0.05) is 29.9 Å². The minimum atomic E-state index is -4.61. The average Bonchev–Trinajstić information content (AvgIpc) is 2.90. The highest BCUT2D eigenvalue weighted by Crippen LogP contribution is 2.36. The Kier molecular flexibility index (Phi) is 8.93. The lowest BCUT2D eigenvalue weighted by Crippen LogP contribution is -2.45. The van der Waals surface area contributed by atoms with Crippen LogP contribution in [0.25, 0.3) is 0 Å². The molecule has 9 nitrogen and oxygen atoms in total. The Hall–Kier alpha value is -3.12. The lowest BCUT2D eigenvalue weighted by Gasteiger charge is -2.33. The number of methoxy groups -OCH3 is 1. The molecule has 2 aliphatic rings. The van der Waals surface area contributed by atoms with Crippen molar-refractivity contribution < 1.29 is 22.7 Å². The van der Waals surface area contributed by atoms with Gasteiger partial charge in [-0.2, -0.15) is 18.2 Å². The number of likely N-dealkylation sites (tertiary alicyclic amines) is 1. The zero-order chi connectivity index (χ0) is 27.3. The molecule has 2 aromatic rings. The molecule has 2 atom stereocenters. The van der Waals surface area contributed by atoms with Gasteiger partial charge in [0.25, 0.3) is 5.91 Å². The van der Waals surface area contributed by atoms with Crippen LogP contribution in [0.1, 0.15) is 54.4 Å². The molecule has 0 radical (unpaired) electrons. The van der Waals surface area contributed by atoms with Crippen LogP contribution in [0.4, 0.5) is 30.6 Å². The van der Waals surface area contributed by atoms with Crippen molar-refractivity contribution in [3.63, 3.8) is 0 Å². The number of piperidine rings is 1. The maximum Gasteiger partial charge on any atom is 0.421 e. The van der Waals surface area contributed by atoms with Gasteiger partial charge >= 0.3 is 6.18 Å². The van der Waals surface area contributed by atoms with E-state index in [0.29, 0.717) is 17.0 Å². The first-order chi connectivity index (χ1) is 18.2. The number of rotatable bonds is 8. The molecule has 38 heavy (non-hydrogen) atoms. The molecule has 4 rings (SSSR count). The predicted molar refractivity (Wildman–Crippen MR) is 140 cm³/mol. The number of likely N-dealkylation sites (N-methyl/N-ethyl adjacent to an activating group) is 1. The van der Waals surface area contributed by atoms with Crippen molar-refractivity contribution in [1.82, 2.24) is 25.5 Å². The van der Waals surface area contributed by atoms with Crippen molar-refractivity contribution in [3.05, 3.63) is 35.5 Å². The molecule has 12 heteroatoms. The quantitative estimate of drug-likeness (QED) is 0.402. The van der Waals surface area contributed by atoms with Crippen LogP contribution in [0.2, 0.25) is 0 Å². The van der Waals surface area contributed by atoms with Crippen LogP contribution in [0.3, 0.4) is 0 Å². The molecule has 1 aromatic heterocycles. The Labute approximate surface area is 220 Å². The number of nitrogens with zero attached hydrogens (tertiary/aromatic N) is 3. The summed E-state index contributed by atoms with van der Waals surface area (Å²) in [7, 11) is 5.33. The van der Waals surface area contributed by atoms with Crippen LogP contribution >= 0.6 is 0 Å². The highest BCUT2D eigenvalue weighted by atomic mass is 19.4. The van der Waals surface area contributed by atoms with Crippen LogP contribution in [-0.2, 0) is 6.18 Å². The van der Waals surface area contributed by atoms with Crippen molar-refractivity contribution >= 4 is 23.4 Å². The summed E-state index contributed by atoms with van der Waals surface area (Å²) in [6.07, 6.45) is 1.52. The van der Waals surface area contributed by atoms with E-state index in [1.54, 1.807) is 18.2 Å². The van der Waals surface area contributed by atoms with Gasteiger partial charge in [0.15, 0.2) is 0 Å². The predicted octanol–water partition coefficient (Wildman–Crippen LogP) is 4.01. The van der Waals surface area contributed by atoms with Gasteiger partial charge in [0.1, 0.15) is 17.1 Å². The van der Waals surface area contributed by atoms with E-state index in [1.165, 1.54) is 7.11 Å².